The van der Waals surface area contributed by atoms with Gasteiger partial charge in [-0.1, -0.05) is 6.07 Å². The number of nitrogens with zero attached hydrogens (tertiary/aromatic N) is 1. The Morgan fingerprint density at radius 1 is 0.846 bits per heavy atom. The van der Waals surface area contributed by atoms with E-state index in [0.717, 1.165) is 5.56 Å². The first kappa shape index (κ1) is 25.1. The van der Waals surface area contributed by atoms with Crippen LogP contribution in [0.2, 0.25) is 0 Å². The number of aromatic amines is 1. The van der Waals surface area contributed by atoms with Crippen LogP contribution in [-0.2, 0) is 0 Å². The third-order valence-corrected chi connectivity index (χ3v) is 6.19. The number of ether oxygens (including phenoxy) is 3. The lowest BCUT2D eigenvalue weighted by Gasteiger charge is -2.12. The summed E-state index contributed by atoms with van der Waals surface area (Å²) in [6.45, 7) is 0. The third kappa shape index (κ3) is 4.78. The van der Waals surface area contributed by atoms with Crippen molar-refractivity contribution in [1.29, 1.82) is 0 Å². The van der Waals surface area contributed by atoms with Crippen molar-refractivity contribution in [3.05, 3.63) is 81.9 Å². The molecule has 3 aromatic carbocycles. The SMILES string of the molecule is COc1cc(C(=O)Nc2ccc3c(c2)NC(=O)c2ccc(-c4ccc([N+](=O)[O-])c(OC)c4)cc2N3)c(OC)[nH]1. The van der Waals surface area contributed by atoms with E-state index in [0.29, 0.717) is 39.8 Å². The van der Waals surface area contributed by atoms with Gasteiger partial charge in [-0.3, -0.25) is 24.7 Å². The fourth-order valence-electron chi connectivity index (χ4n) is 4.25. The number of hydrogen-bond donors (Lipinski definition) is 4. The van der Waals surface area contributed by atoms with E-state index in [1.165, 1.54) is 33.5 Å². The molecule has 0 radical (unpaired) electrons. The van der Waals surface area contributed by atoms with Crippen molar-refractivity contribution in [2.24, 2.45) is 0 Å². The minimum atomic E-state index is -0.509. The maximum atomic E-state index is 13.0. The number of anilines is 4. The van der Waals surface area contributed by atoms with Crippen LogP contribution in [0.1, 0.15) is 20.7 Å². The number of methoxy groups -OCH3 is 3. The summed E-state index contributed by atoms with van der Waals surface area (Å²) in [5, 5.41) is 20.2. The molecule has 0 unspecified atom stereocenters. The number of nitro groups is 1. The Hall–Kier alpha value is -5.52. The fourth-order valence-corrected chi connectivity index (χ4v) is 4.25. The first-order chi connectivity index (χ1) is 18.8. The number of nitrogens with one attached hydrogen (secondary N) is 4. The van der Waals surface area contributed by atoms with Crippen LogP contribution >= 0.6 is 0 Å². The molecule has 1 aromatic heterocycles. The van der Waals surface area contributed by atoms with Gasteiger partial charge >= 0.3 is 5.69 Å². The summed E-state index contributed by atoms with van der Waals surface area (Å²) in [6, 6.07) is 16.4. The van der Waals surface area contributed by atoms with Gasteiger partial charge in [0.2, 0.25) is 5.88 Å². The molecule has 2 amide bonds. The lowest BCUT2D eigenvalue weighted by molar-refractivity contribution is -0.385. The molecule has 4 aromatic rings. The zero-order valence-corrected chi connectivity index (χ0v) is 21.1. The molecule has 0 spiro atoms. The van der Waals surface area contributed by atoms with Crippen molar-refractivity contribution in [3.63, 3.8) is 0 Å². The van der Waals surface area contributed by atoms with E-state index in [2.05, 4.69) is 20.9 Å². The van der Waals surface area contributed by atoms with Gasteiger partial charge in [0, 0.05) is 17.8 Å². The summed E-state index contributed by atoms with van der Waals surface area (Å²) in [7, 11) is 4.28. The highest BCUT2D eigenvalue weighted by Gasteiger charge is 2.22. The fraction of sp³-hybridized carbons (Fsp3) is 0.111. The molecule has 39 heavy (non-hydrogen) atoms. The standard InChI is InChI=1S/C27H23N5O7/c1-37-23-11-15(5-9-22(23)32(35)36)14-4-7-17-20(10-14)29-19-8-6-16(12-21(19)30-25(17)33)28-26(34)18-13-24(38-2)31-27(18)39-3/h4-13,29,31H,1-3H3,(H,28,34)(H,30,33). The summed E-state index contributed by atoms with van der Waals surface area (Å²) >= 11 is 0. The number of nitro benzene ring substituents is 1. The van der Waals surface area contributed by atoms with Gasteiger partial charge in [0.25, 0.3) is 11.8 Å². The van der Waals surface area contributed by atoms with Crippen molar-refractivity contribution < 1.29 is 28.7 Å². The van der Waals surface area contributed by atoms with Gasteiger partial charge in [0.05, 0.1) is 48.9 Å². The van der Waals surface area contributed by atoms with Crippen molar-refractivity contribution in [1.82, 2.24) is 4.98 Å². The molecular weight excluding hydrogens is 506 g/mol. The second-order valence-corrected chi connectivity index (χ2v) is 8.48. The van der Waals surface area contributed by atoms with Crippen LogP contribution < -0.4 is 30.2 Å². The van der Waals surface area contributed by atoms with E-state index in [4.69, 9.17) is 14.2 Å². The van der Waals surface area contributed by atoms with Crippen LogP contribution in [0.4, 0.5) is 28.4 Å². The zero-order valence-electron chi connectivity index (χ0n) is 21.1. The van der Waals surface area contributed by atoms with Crippen LogP contribution in [0.15, 0.2) is 60.7 Å². The number of amides is 2. The van der Waals surface area contributed by atoms with Gasteiger partial charge in [-0.15, -0.1) is 0 Å². The summed E-state index contributed by atoms with van der Waals surface area (Å²) in [6.07, 6.45) is 0. The molecule has 1 aliphatic heterocycles. The number of H-pyrrole nitrogens is 1. The average molecular weight is 530 g/mol. The second-order valence-electron chi connectivity index (χ2n) is 8.48. The maximum Gasteiger partial charge on any atom is 0.310 e. The largest absolute Gasteiger partial charge is 0.490 e. The molecule has 0 aliphatic carbocycles. The lowest BCUT2D eigenvalue weighted by atomic mass is 10.0. The Morgan fingerprint density at radius 2 is 1.62 bits per heavy atom. The molecular formula is C27H23N5O7. The number of carbonyl (C=O) groups excluding carboxylic acids is 2. The molecule has 0 atom stereocenters. The van der Waals surface area contributed by atoms with Gasteiger partial charge in [-0.2, -0.15) is 0 Å². The van der Waals surface area contributed by atoms with E-state index in [9.17, 15) is 19.7 Å². The maximum absolute atomic E-state index is 13.0. The highest BCUT2D eigenvalue weighted by atomic mass is 16.6. The minimum Gasteiger partial charge on any atom is -0.490 e. The zero-order chi connectivity index (χ0) is 27.7. The van der Waals surface area contributed by atoms with Crippen molar-refractivity contribution in [2.45, 2.75) is 0 Å². The van der Waals surface area contributed by atoms with Crippen LogP contribution in [0.3, 0.4) is 0 Å². The quantitative estimate of drug-likeness (QED) is 0.188. The van der Waals surface area contributed by atoms with Crippen LogP contribution in [0, 0.1) is 10.1 Å². The molecule has 5 rings (SSSR count). The molecule has 0 saturated heterocycles. The molecule has 0 saturated carbocycles. The van der Waals surface area contributed by atoms with Gasteiger partial charge in [-0.05, 0) is 53.6 Å². The Morgan fingerprint density at radius 3 is 2.33 bits per heavy atom. The highest BCUT2D eigenvalue weighted by Crippen LogP contribution is 2.38. The van der Waals surface area contributed by atoms with Crippen LogP contribution in [0.5, 0.6) is 17.5 Å². The van der Waals surface area contributed by atoms with Crippen molar-refractivity contribution in [3.8, 4) is 28.6 Å². The van der Waals surface area contributed by atoms with E-state index < -0.39 is 10.8 Å². The number of rotatable bonds is 7. The molecule has 4 N–H and O–H groups in total. The first-order valence-corrected chi connectivity index (χ1v) is 11.6. The monoisotopic (exact) mass is 529 g/mol. The number of carbonyl (C=O) groups is 2. The molecule has 0 fully saturated rings. The Labute approximate surface area is 222 Å². The number of fused-ring (bicyclic) bond motifs is 2. The van der Waals surface area contributed by atoms with E-state index in [-0.39, 0.29) is 28.8 Å². The van der Waals surface area contributed by atoms with Gasteiger partial charge < -0.3 is 30.2 Å². The molecule has 12 nitrogen and oxygen atoms in total. The Bertz CT molecular complexity index is 1630. The van der Waals surface area contributed by atoms with Crippen LogP contribution in [-0.4, -0.2) is 43.1 Å². The first-order valence-electron chi connectivity index (χ1n) is 11.6. The number of benzene rings is 3. The molecule has 0 bridgehead atoms. The van der Waals surface area contributed by atoms with Gasteiger partial charge in [-0.25, -0.2) is 0 Å². The third-order valence-electron chi connectivity index (χ3n) is 6.19. The van der Waals surface area contributed by atoms with Crippen LogP contribution in [0.25, 0.3) is 11.1 Å². The number of hydrogen-bond acceptors (Lipinski definition) is 8. The molecule has 2 heterocycles. The summed E-state index contributed by atoms with van der Waals surface area (Å²) in [5.41, 5.74) is 4.00. The van der Waals surface area contributed by atoms with Gasteiger partial charge in [0.15, 0.2) is 11.6 Å². The van der Waals surface area contributed by atoms with E-state index >= 15 is 0 Å². The minimum absolute atomic E-state index is 0.133. The topological polar surface area (TPSA) is 157 Å². The van der Waals surface area contributed by atoms with Crippen molar-refractivity contribution in [2.75, 3.05) is 37.3 Å². The Balaban J connectivity index is 1.42. The lowest BCUT2D eigenvalue weighted by Crippen LogP contribution is -2.13. The second kappa shape index (κ2) is 10.1. The molecule has 198 valence electrons. The Kier molecular flexibility index (Phi) is 6.51. The van der Waals surface area contributed by atoms with E-state index in [1.54, 1.807) is 48.5 Å². The summed E-state index contributed by atoms with van der Waals surface area (Å²) in [5.74, 6) is -0.00486. The number of aromatic nitrogens is 1. The average Bonchev–Trinajstić information content (AvgIpc) is 3.32. The molecule has 12 heteroatoms. The normalized spacial score (nSPS) is 11.7. The van der Waals surface area contributed by atoms with Gasteiger partial charge in [0.1, 0.15) is 5.56 Å². The highest BCUT2D eigenvalue weighted by molar-refractivity contribution is 6.13. The summed E-state index contributed by atoms with van der Waals surface area (Å²) in [4.78, 5) is 39.5. The predicted octanol–water partition coefficient (Wildman–Crippen LogP) is 5.18. The predicted molar refractivity (Wildman–Crippen MR) is 145 cm³/mol. The van der Waals surface area contributed by atoms with E-state index in [1.807, 2.05) is 0 Å². The molecule has 1 aliphatic rings. The smallest absolute Gasteiger partial charge is 0.310 e. The van der Waals surface area contributed by atoms with Crippen molar-refractivity contribution >= 4 is 40.3 Å². The summed E-state index contributed by atoms with van der Waals surface area (Å²) < 4.78 is 15.5.